The molecule has 7 nitrogen and oxygen atoms in total. The molecule has 176 valence electrons. The van der Waals surface area contributed by atoms with E-state index in [1.807, 2.05) is 18.2 Å². The molecule has 2 unspecified atom stereocenters. The van der Waals surface area contributed by atoms with Crippen LogP contribution in [0.4, 0.5) is 6.01 Å². The van der Waals surface area contributed by atoms with Crippen molar-refractivity contribution in [3.63, 3.8) is 0 Å². The first kappa shape index (κ1) is 23.3. The Morgan fingerprint density at radius 1 is 1.25 bits per heavy atom. The van der Waals surface area contributed by atoms with Crippen LogP contribution < -0.4 is 15.5 Å². The zero-order valence-electron chi connectivity index (χ0n) is 19.3. The lowest BCUT2D eigenvalue weighted by Gasteiger charge is -2.47. The lowest BCUT2D eigenvalue weighted by Crippen LogP contribution is -2.55. The average Bonchev–Trinajstić information content (AvgIpc) is 3.18. The molecule has 0 spiro atoms. The second kappa shape index (κ2) is 9.57. The van der Waals surface area contributed by atoms with Gasteiger partial charge >= 0.3 is 0 Å². The van der Waals surface area contributed by atoms with E-state index in [0.29, 0.717) is 46.7 Å². The predicted octanol–water partition coefficient (Wildman–Crippen LogP) is 3.43. The largest absolute Gasteiger partial charge is 0.423 e. The molecule has 1 amide bonds. The summed E-state index contributed by atoms with van der Waals surface area (Å²) in [6, 6.07) is 8.06. The summed E-state index contributed by atoms with van der Waals surface area (Å²) < 4.78 is 6.14. The number of nitrogens with zero attached hydrogens (tertiary/aromatic N) is 3. The van der Waals surface area contributed by atoms with Crippen molar-refractivity contribution in [2.24, 2.45) is 5.92 Å². The van der Waals surface area contributed by atoms with Crippen LogP contribution in [0.15, 0.2) is 22.6 Å². The van der Waals surface area contributed by atoms with Gasteiger partial charge in [0.05, 0.1) is 5.56 Å². The summed E-state index contributed by atoms with van der Waals surface area (Å²) in [6.45, 7) is 7.14. The number of para-hydroxylation sites is 1. The molecule has 1 aromatic heterocycles. The number of carbonyl (C=O) groups is 1. The molecule has 2 bridgehead atoms. The van der Waals surface area contributed by atoms with Crippen molar-refractivity contribution in [3.05, 3.63) is 23.8 Å². The van der Waals surface area contributed by atoms with Crippen LogP contribution in [-0.2, 0) is 0 Å². The van der Waals surface area contributed by atoms with Gasteiger partial charge in [-0.1, -0.05) is 26.3 Å². The number of hydrogen-bond acceptors (Lipinski definition) is 6. The van der Waals surface area contributed by atoms with E-state index in [4.69, 9.17) is 9.40 Å². The van der Waals surface area contributed by atoms with Gasteiger partial charge in [0.1, 0.15) is 5.52 Å². The fraction of sp³-hybridized carbons (Fsp3) is 0.667. The Balaban J connectivity index is 0.00000245. The number of halogens is 1. The number of anilines is 1. The van der Waals surface area contributed by atoms with Gasteiger partial charge in [0.2, 0.25) is 0 Å². The van der Waals surface area contributed by atoms with Crippen molar-refractivity contribution in [2.45, 2.75) is 70.1 Å². The van der Waals surface area contributed by atoms with Gasteiger partial charge in [0.15, 0.2) is 5.58 Å². The fourth-order valence-corrected chi connectivity index (χ4v) is 5.80. The second-order valence-electron chi connectivity index (χ2n) is 9.90. The van der Waals surface area contributed by atoms with Crippen molar-refractivity contribution in [3.8, 4) is 0 Å². The molecule has 5 rings (SSSR count). The molecule has 4 heterocycles. The number of piperazine rings is 1. The normalized spacial score (nSPS) is 28.6. The summed E-state index contributed by atoms with van der Waals surface area (Å²) in [5, 5.41) is 6.79. The van der Waals surface area contributed by atoms with E-state index in [1.54, 1.807) is 0 Å². The van der Waals surface area contributed by atoms with Crippen LogP contribution in [0.3, 0.4) is 0 Å². The van der Waals surface area contributed by atoms with Crippen molar-refractivity contribution < 1.29 is 9.21 Å². The molecule has 0 saturated carbocycles. The van der Waals surface area contributed by atoms with Gasteiger partial charge in [-0.05, 0) is 50.8 Å². The maximum absolute atomic E-state index is 13.3. The molecular weight excluding hydrogens is 426 g/mol. The first-order chi connectivity index (χ1) is 15.0. The first-order valence-corrected chi connectivity index (χ1v) is 11.9. The van der Waals surface area contributed by atoms with E-state index in [1.165, 1.54) is 19.3 Å². The summed E-state index contributed by atoms with van der Waals surface area (Å²) in [4.78, 5) is 22.8. The minimum Gasteiger partial charge on any atom is -0.423 e. The number of oxazole rings is 1. The number of aromatic nitrogens is 1. The first-order valence-electron chi connectivity index (χ1n) is 11.9. The Morgan fingerprint density at radius 2 is 2.00 bits per heavy atom. The van der Waals surface area contributed by atoms with Crippen LogP contribution in [-0.4, -0.2) is 66.6 Å². The van der Waals surface area contributed by atoms with Crippen LogP contribution in [0.2, 0.25) is 0 Å². The van der Waals surface area contributed by atoms with Gasteiger partial charge in [-0.25, -0.2) is 0 Å². The van der Waals surface area contributed by atoms with Gasteiger partial charge in [-0.2, -0.15) is 4.98 Å². The van der Waals surface area contributed by atoms with Crippen LogP contribution in [0.25, 0.3) is 11.1 Å². The quantitative estimate of drug-likeness (QED) is 0.726. The van der Waals surface area contributed by atoms with Gasteiger partial charge in [-0.3, -0.25) is 4.79 Å². The van der Waals surface area contributed by atoms with E-state index in [9.17, 15) is 4.79 Å². The van der Waals surface area contributed by atoms with Gasteiger partial charge in [0, 0.05) is 43.8 Å². The molecule has 3 fully saturated rings. The third kappa shape index (κ3) is 4.35. The van der Waals surface area contributed by atoms with Crippen molar-refractivity contribution in [1.82, 2.24) is 20.5 Å². The number of carbonyl (C=O) groups excluding carboxylic acids is 1. The molecule has 0 radical (unpaired) electrons. The van der Waals surface area contributed by atoms with Gasteiger partial charge in [0.25, 0.3) is 11.9 Å². The zero-order chi connectivity index (χ0) is 21.5. The van der Waals surface area contributed by atoms with Crippen molar-refractivity contribution in [2.75, 3.05) is 31.6 Å². The highest BCUT2D eigenvalue weighted by Crippen LogP contribution is 2.33. The summed E-state index contributed by atoms with van der Waals surface area (Å²) in [6.07, 6.45) is 5.86. The SMILES string of the molecule is CC(C)[C@H]1CNCCN1c1nc2c(C(=O)NC3CC4CCCC(C3)N4C)cccc2o1.Cl. The summed E-state index contributed by atoms with van der Waals surface area (Å²) in [5.41, 5.74) is 1.97. The molecule has 2 aromatic rings. The van der Waals surface area contributed by atoms with E-state index in [-0.39, 0.29) is 24.4 Å². The highest BCUT2D eigenvalue weighted by atomic mass is 35.5. The number of rotatable bonds is 4. The Morgan fingerprint density at radius 3 is 2.72 bits per heavy atom. The maximum atomic E-state index is 13.3. The van der Waals surface area contributed by atoms with Crippen molar-refractivity contribution >= 4 is 35.4 Å². The Hall–Kier alpha value is -1.83. The van der Waals surface area contributed by atoms with Crippen LogP contribution in [0, 0.1) is 5.92 Å². The van der Waals surface area contributed by atoms with Crippen LogP contribution in [0.1, 0.15) is 56.3 Å². The van der Waals surface area contributed by atoms with Crippen molar-refractivity contribution in [1.29, 1.82) is 0 Å². The highest BCUT2D eigenvalue weighted by Gasteiger charge is 2.37. The molecule has 2 N–H and O–H groups in total. The van der Waals surface area contributed by atoms with Crippen LogP contribution >= 0.6 is 12.4 Å². The van der Waals surface area contributed by atoms with E-state index in [2.05, 4.69) is 41.3 Å². The highest BCUT2D eigenvalue weighted by molar-refractivity contribution is 6.04. The standard InChI is InChI=1S/C24H35N5O2.ClH/c1-15(2)20-14-25-10-11-29(20)24-27-22-19(8-5-9-21(22)31-24)23(30)26-16-12-17-6-4-7-18(13-16)28(17)3;/h5,8-9,15-18,20,25H,4,6-7,10-14H2,1-3H3,(H,26,30);1H/t16?,17?,18?,20-;/m1./s1. The molecule has 1 aromatic carbocycles. The predicted molar refractivity (Wildman–Crippen MR) is 130 cm³/mol. The van der Waals surface area contributed by atoms with E-state index < -0.39 is 0 Å². The Labute approximate surface area is 196 Å². The molecule has 3 aliphatic rings. The third-order valence-electron chi connectivity index (χ3n) is 7.63. The number of piperidine rings is 2. The topological polar surface area (TPSA) is 73.6 Å². The maximum Gasteiger partial charge on any atom is 0.298 e. The third-order valence-corrected chi connectivity index (χ3v) is 7.63. The molecule has 8 heteroatoms. The monoisotopic (exact) mass is 461 g/mol. The molecule has 3 atom stereocenters. The minimum absolute atomic E-state index is 0. The van der Waals surface area contributed by atoms with Gasteiger partial charge < -0.3 is 24.9 Å². The Kier molecular flexibility index (Phi) is 6.98. The molecule has 3 aliphatic heterocycles. The number of hydrogen-bond donors (Lipinski definition) is 2. The fourth-order valence-electron chi connectivity index (χ4n) is 5.80. The number of benzene rings is 1. The van der Waals surface area contributed by atoms with Crippen LogP contribution in [0.5, 0.6) is 0 Å². The number of amides is 1. The molecular formula is C24H36ClN5O2. The summed E-state index contributed by atoms with van der Waals surface area (Å²) in [7, 11) is 2.24. The number of nitrogens with one attached hydrogen (secondary N) is 2. The second-order valence-corrected chi connectivity index (χ2v) is 9.90. The van der Waals surface area contributed by atoms with E-state index >= 15 is 0 Å². The molecule has 0 aliphatic carbocycles. The lowest BCUT2D eigenvalue weighted by atomic mass is 9.82. The smallest absolute Gasteiger partial charge is 0.298 e. The summed E-state index contributed by atoms with van der Waals surface area (Å²) in [5.74, 6) is 0.452. The Bertz CT molecular complexity index is 934. The number of fused-ring (bicyclic) bond motifs is 3. The summed E-state index contributed by atoms with van der Waals surface area (Å²) >= 11 is 0. The minimum atomic E-state index is -0.0289. The average molecular weight is 462 g/mol. The van der Waals surface area contributed by atoms with Gasteiger partial charge in [-0.15, -0.1) is 12.4 Å². The lowest BCUT2D eigenvalue weighted by molar-refractivity contribution is 0.0463. The van der Waals surface area contributed by atoms with E-state index in [0.717, 1.165) is 32.5 Å². The zero-order valence-corrected chi connectivity index (χ0v) is 20.2. The molecule has 32 heavy (non-hydrogen) atoms. The molecule has 3 saturated heterocycles.